The Labute approximate surface area is 120 Å². The third-order valence-electron chi connectivity index (χ3n) is 3.94. The zero-order chi connectivity index (χ0) is 14.6. The normalized spacial score (nSPS) is 17.4. The molecule has 6 heteroatoms. The van der Waals surface area contributed by atoms with E-state index in [2.05, 4.69) is 34.1 Å². The number of nitrogens with one attached hydrogen (secondary N) is 1. The summed E-state index contributed by atoms with van der Waals surface area (Å²) in [5.41, 5.74) is 6.01. The van der Waals surface area contributed by atoms with E-state index >= 15 is 0 Å². The van der Waals surface area contributed by atoms with E-state index in [0.29, 0.717) is 17.3 Å². The van der Waals surface area contributed by atoms with Gasteiger partial charge in [-0.15, -0.1) is 0 Å². The average Bonchev–Trinajstić information content (AvgIpc) is 2.84. The molecule has 2 rings (SSSR count). The fourth-order valence-corrected chi connectivity index (χ4v) is 3.25. The van der Waals surface area contributed by atoms with Gasteiger partial charge < -0.3 is 15.8 Å². The Balaban J connectivity index is 2.04. The molecule has 1 aliphatic carbocycles. The molecule has 0 unspecified atom stereocenters. The van der Waals surface area contributed by atoms with Gasteiger partial charge in [0.15, 0.2) is 0 Å². The predicted molar refractivity (Wildman–Crippen MR) is 79.6 cm³/mol. The van der Waals surface area contributed by atoms with E-state index in [1.54, 1.807) is 0 Å². The molecule has 1 heterocycles. The number of nitrogen functional groups attached to an aromatic ring is 1. The van der Waals surface area contributed by atoms with Crippen molar-refractivity contribution in [3.05, 3.63) is 0 Å². The maximum Gasteiger partial charge on any atom is 0.322 e. The number of nitrogens with zero attached hydrogens (tertiary/aromatic N) is 3. The third-order valence-corrected chi connectivity index (χ3v) is 3.94. The molecular formula is C14H25N5O. The Morgan fingerprint density at radius 3 is 2.55 bits per heavy atom. The minimum absolute atomic E-state index is 0.184. The van der Waals surface area contributed by atoms with Crippen molar-refractivity contribution in [3.63, 3.8) is 0 Å². The highest BCUT2D eigenvalue weighted by Crippen LogP contribution is 2.43. The molecule has 20 heavy (non-hydrogen) atoms. The van der Waals surface area contributed by atoms with E-state index in [1.807, 2.05) is 0 Å². The van der Waals surface area contributed by atoms with Gasteiger partial charge in [0, 0.05) is 6.54 Å². The second kappa shape index (κ2) is 6.24. The van der Waals surface area contributed by atoms with Crippen molar-refractivity contribution >= 4 is 11.9 Å². The second-order valence-corrected chi connectivity index (χ2v) is 6.16. The van der Waals surface area contributed by atoms with E-state index in [0.717, 1.165) is 6.54 Å². The maximum absolute atomic E-state index is 5.65. The number of nitrogens with two attached hydrogens (primary N) is 1. The van der Waals surface area contributed by atoms with Crippen LogP contribution in [0.25, 0.3) is 0 Å². The number of rotatable bonds is 6. The minimum Gasteiger partial charge on any atom is -0.467 e. The van der Waals surface area contributed by atoms with Gasteiger partial charge in [-0.3, -0.25) is 0 Å². The zero-order valence-electron chi connectivity index (χ0n) is 12.6. The Morgan fingerprint density at radius 1 is 1.25 bits per heavy atom. The quantitative estimate of drug-likeness (QED) is 0.832. The van der Waals surface area contributed by atoms with Gasteiger partial charge >= 0.3 is 6.01 Å². The van der Waals surface area contributed by atoms with E-state index in [9.17, 15) is 0 Å². The highest BCUT2D eigenvalue weighted by atomic mass is 16.5. The van der Waals surface area contributed by atoms with Gasteiger partial charge in [-0.25, -0.2) is 0 Å². The molecule has 0 aliphatic heterocycles. The number of aromatic nitrogens is 3. The van der Waals surface area contributed by atoms with Gasteiger partial charge in [-0.2, -0.15) is 15.0 Å². The van der Waals surface area contributed by atoms with Crippen LogP contribution < -0.4 is 15.8 Å². The van der Waals surface area contributed by atoms with Crippen LogP contribution in [0.4, 0.5) is 11.9 Å². The summed E-state index contributed by atoms with van der Waals surface area (Å²) in [6.07, 6.45) is 6.41. The molecule has 1 saturated carbocycles. The van der Waals surface area contributed by atoms with Gasteiger partial charge in [-0.1, -0.05) is 26.7 Å². The molecule has 0 aromatic carbocycles. The van der Waals surface area contributed by atoms with E-state index in [1.165, 1.54) is 39.2 Å². The lowest BCUT2D eigenvalue weighted by Crippen LogP contribution is -2.29. The molecular weight excluding hydrogens is 254 g/mol. The maximum atomic E-state index is 5.65. The SMILES string of the molecule is COc1nc(N)nc(NCC2(CC(C)C)CCCC2)n1. The number of hydrogen-bond donors (Lipinski definition) is 2. The van der Waals surface area contributed by atoms with Crippen LogP contribution in [0.15, 0.2) is 0 Å². The summed E-state index contributed by atoms with van der Waals surface area (Å²) in [6.45, 7) is 5.45. The Kier molecular flexibility index (Phi) is 4.62. The number of methoxy groups -OCH3 is 1. The summed E-state index contributed by atoms with van der Waals surface area (Å²) in [4.78, 5) is 12.2. The first-order valence-electron chi connectivity index (χ1n) is 7.32. The van der Waals surface area contributed by atoms with Gasteiger partial charge in [0.1, 0.15) is 0 Å². The van der Waals surface area contributed by atoms with E-state index < -0.39 is 0 Å². The summed E-state index contributed by atoms with van der Waals surface area (Å²) >= 11 is 0. The topological polar surface area (TPSA) is 86.0 Å². The standard InChI is InChI=1S/C14H25N5O/c1-10(2)8-14(6-4-5-7-14)9-16-12-17-11(15)18-13(19-12)20-3/h10H,4-9H2,1-3H3,(H3,15,16,17,18,19). The average molecular weight is 279 g/mol. The molecule has 0 atom stereocenters. The van der Waals surface area contributed by atoms with Crippen molar-refractivity contribution in [2.24, 2.45) is 11.3 Å². The number of hydrogen-bond acceptors (Lipinski definition) is 6. The van der Waals surface area contributed by atoms with Crippen LogP contribution in [0.1, 0.15) is 46.0 Å². The molecule has 1 aromatic rings. The molecule has 6 nitrogen and oxygen atoms in total. The minimum atomic E-state index is 0.184. The molecule has 3 N–H and O–H groups in total. The Bertz CT molecular complexity index is 443. The largest absolute Gasteiger partial charge is 0.467 e. The van der Waals surface area contributed by atoms with Crippen molar-refractivity contribution in [1.82, 2.24) is 15.0 Å². The summed E-state index contributed by atoms with van der Waals surface area (Å²) in [5.74, 6) is 1.39. The van der Waals surface area contributed by atoms with Crippen LogP contribution in [-0.2, 0) is 0 Å². The summed E-state index contributed by atoms with van der Waals surface area (Å²) < 4.78 is 5.01. The predicted octanol–water partition coefficient (Wildman–Crippen LogP) is 2.48. The fraction of sp³-hybridized carbons (Fsp3) is 0.786. The van der Waals surface area contributed by atoms with Crippen LogP contribution >= 0.6 is 0 Å². The monoisotopic (exact) mass is 279 g/mol. The first-order valence-corrected chi connectivity index (χ1v) is 7.32. The summed E-state index contributed by atoms with van der Waals surface area (Å²) in [7, 11) is 1.52. The van der Waals surface area contributed by atoms with Crippen molar-refractivity contribution in [3.8, 4) is 6.01 Å². The van der Waals surface area contributed by atoms with Gasteiger partial charge in [-0.05, 0) is 30.6 Å². The number of anilines is 2. The van der Waals surface area contributed by atoms with E-state index in [4.69, 9.17) is 10.5 Å². The van der Waals surface area contributed by atoms with Gasteiger partial charge in [0.25, 0.3) is 0 Å². The molecule has 0 bridgehead atoms. The van der Waals surface area contributed by atoms with Crippen molar-refractivity contribution in [2.45, 2.75) is 46.0 Å². The lowest BCUT2D eigenvalue weighted by atomic mass is 9.78. The molecule has 0 spiro atoms. The first-order chi connectivity index (χ1) is 9.53. The smallest absolute Gasteiger partial charge is 0.322 e. The highest BCUT2D eigenvalue weighted by Gasteiger charge is 2.34. The van der Waals surface area contributed by atoms with Crippen LogP contribution in [0, 0.1) is 11.3 Å². The third kappa shape index (κ3) is 3.71. The zero-order valence-corrected chi connectivity index (χ0v) is 12.6. The van der Waals surface area contributed by atoms with Gasteiger partial charge in [0.05, 0.1) is 7.11 Å². The Morgan fingerprint density at radius 2 is 1.95 bits per heavy atom. The summed E-state index contributed by atoms with van der Waals surface area (Å²) in [5, 5.41) is 3.33. The summed E-state index contributed by atoms with van der Waals surface area (Å²) in [6, 6.07) is 0.254. The molecule has 0 radical (unpaired) electrons. The lowest BCUT2D eigenvalue weighted by Gasteiger charge is -2.31. The van der Waals surface area contributed by atoms with Crippen molar-refractivity contribution in [2.75, 3.05) is 24.7 Å². The first kappa shape index (κ1) is 14.8. The van der Waals surface area contributed by atoms with Crippen molar-refractivity contribution < 1.29 is 4.74 Å². The van der Waals surface area contributed by atoms with Crippen LogP contribution in [0.3, 0.4) is 0 Å². The molecule has 0 saturated heterocycles. The van der Waals surface area contributed by atoms with Crippen molar-refractivity contribution in [1.29, 1.82) is 0 Å². The van der Waals surface area contributed by atoms with Gasteiger partial charge in [0.2, 0.25) is 11.9 Å². The Hall–Kier alpha value is -1.59. The highest BCUT2D eigenvalue weighted by molar-refractivity contribution is 5.32. The lowest BCUT2D eigenvalue weighted by molar-refractivity contribution is 0.252. The molecule has 1 aliphatic rings. The fourth-order valence-electron chi connectivity index (χ4n) is 3.25. The van der Waals surface area contributed by atoms with Crippen LogP contribution in [0.2, 0.25) is 0 Å². The van der Waals surface area contributed by atoms with E-state index in [-0.39, 0.29) is 12.0 Å². The van der Waals surface area contributed by atoms with Crippen LogP contribution in [0.5, 0.6) is 6.01 Å². The molecule has 112 valence electrons. The number of ether oxygens (including phenoxy) is 1. The molecule has 1 fully saturated rings. The molecule has 1 aromatic heterocycles. The van der Waals surface area contributed by atoms with Crippen LogP contribution in [-0.4, -0.2) is 28.6 Å². The molecule has 0 amide bonds. The second-order valence-electron chi connectivity index (χ2n) is 6.16.